The Balaban J connectivity index is 1.85. The highest BCUT2D eigenvalue weighted by Crippen LogP contribution is 2.17. The number of esters is 1. The summed E-state index contributed by atoms with van der Waals surface area (Å²) in [5.74, 6) is 0.335. The molecule has 2 atom stereocenters. The molecule has 1 heterocycles. The minimum absolute atomic E-state index is 0.113. The Labute approximate surface area is 115 Å². The monoisotopic (exact) mass is 261 g/mol. The fourth-order valence-corrected chi connectivity index (χ4v) is 2.52. The van der Waals surface area contributed by atoms with Crippen molar-refractivity contribution in [1.29, 1.82) is 0 Å². The third kappa shape index (κ3) is 3.80. The molecule has 1 aliphatic heterocycles. The normalized spacial score (nSPS) is 19.6. The van der Waals surface area contributed by atoms with Crippen LogP contribution in [0, 0.1) is 5.92 Å². The molecule has 0 aliphatic carbocycles. The van der Waals surface area contributed by atoms with E-state index in [0.717, 1.165) is 25.8 Å². The van der Waals surface area contributed by atoms with Crippen LogP contribution in [0.5, 0.6) is 0 Å². The summed E-state index contributed by atoms with van der Waals surface area (Å²) in [4.78, 5) is 12.0. The zero-order chi connectivity index (χ0) is 13.7. The summed E-state index contributed by atoms with van der Waals surface area (Å²) in [6, 6.07) is 8.06. The number of benzene rings is 1. The third-order valence-electron chi connectivity index (χ3n) is 3.66. The second-order valence-electron chi connectivity index (χ2n) is 5.43. The first-order valence-electron chi connectivity index (χ1n) is 7.17. The predicted molar refractivity (Wildman–Crippen MR) is 75.8 cm³/mol. The van der Waals surface area contributed by atoms with E-state index >= 15 is 0 Å². The second-order valence-corrected chi connectivity index (χ2v) is 5.43. The molecular formula is C16H23NO2. The van der Waals surface area contributed by atoms with Gasteiger partial charge < -0.3 is 10.1 Å². The quantitative estimate of drug-likeness (QED) is 0.828. The van der Waals surface area contributed by atoms with E-state index < -0.39 is 0 Å². The average Bonchev–Trinajstić information content (AvgIpc) is 2.44. The first kappa shape index (κ1) is 14.1. The Hall–Kier alpha value is -1.35. The summed E-state index contributed by atoms with van der Waals surface area (Å²) in [6.07, 6.45) is 2.97. The van der Waals surface area contributed by atoms with Crippen LogP contribution >= 0.6 is 0 Å². The van der Waals surface area contributed by atoms with Gasteiger partial charge in [0.05, 0.1) is 6.61 Å². The number of hydrogen-bond donors (Lipinski definition) is 1. The van der Waals surface area contributed by atoms with Crippen LogP contribution in [0.4, 0.5) is 0 Å². The van der Waals surface area contributed by atoms with Crippen LogP contribution < -0.4 is 5.32 Å². The van der Waals surface area contributed by atoms with Crippen molar-refractivity contribution in [3.8, 4) is 0 Å². The molecule has 0 amide bonds. The summed E-state index contributed by atoms with van der Waals surface area (Å²) in [7, 11) is 0. The maximum Gasteiger partial charge on any atom is 0.323 e. The lowest BCUT2D eigenvalue weighted by Gasteiger charge is -2.25. The average molecular weight is 261 g/mol. The summed E-state index contributed by atoms with van der Waals surface area (Å²) in [6.45, 7) is 5.56. The van der Waals surface area contributed by atoms with Crippen LogP contribution in [0.25, 0.3) is 0 Å². The Morgan fingerprint density at radius 1 is 1.42 bits per heavy atom. The number of ether oxygens (including phenoxy) is 1. The van der Waals surface area contributed by atoms with E-state index in [0.29, 0.717) is 12.5 Å². The maximum atomic E-state index is 12.0. The van der Waals surface area contributed by atoms with Crippen LogP contribution in [0.2, 0.25) is 0 Å². The fourth-order valence-electron chi connectivity index (χ4n) is 2.52. The summed E-state index contributed by atoms with van der Waals surface area (Å²) in [5.41, 5.74) is 2.54. The minimum atomic E-state index is -0.191. The van der Waals surface area contributed by atoms with E-state index in [9.17, 15) is 4.79 Å². The molecule has 1 N–H and O–H groups in total. The maximum absolute atomic E-state index is 12.0. The van der Waals surface area contributed by atoms with E-state index in [4.69, 9.17) is 4.74 Å². The van der Waals surface area contributed by atoms with Crippen molar-refractivity contribution in [2.75, 3.05) is 6.61 Å². The molecule has 3 heteroatoms. The van der Waals surface area contributed by atoms with E-state index in [-0.39, 0.29) is 12.0 Å². The molecule has 1 aliphatic rings. The van der Waals surface area contributed by atoms with Crippen molar-refractivity contribution in [3.05, 3.63) is 35.4 Å². The standard InChI is InChI=1S/C16H23NO2/c1-3-6-12(2)11-19-16(18)15-9-13-7-4-5-8-14(13)10-17-15/h4-5,7-8,12,15,17H,3,6,9-11H2,1-2H3/t12?,15-/m1/s1. The molecule has 2 rings (SSSR count). The van der Waals surface area contributed by atoms with E-state index in [2.05, 4.69) is 31.3 Å². The molecule has 1 aromatic carbocycles. The highest BCUT2D eigenvalue weighted by Gasteiger charge is 2.25. The van der Waals surface area contributed by atoms with Crippen molar-refractivity contribution in [1.82, 2.24) is 5.32 Å². The summed E-state index contributed by atoms with van der Waals surface area (Å²) >= 11 is 0. The summed E-state index contributed by atoms with van der Waals surface area (Å²) < 4.78 is 5.41. The van der Waals surface area contributed by atoms with Crippen LogP contribution in [0.1, 0.15) is 37.8 Å². The lowest BCUT2D eigenvalue weighted by atomic mass is 9.96. The Morgan fingerprint density at radius 2 is 2.16 bits per heavy atom. The van der Waals surface area contributed by atoms with Crippen LogP contribution in [-0.2, 0) is 22.5 Å². The number of rotatable bonds is 5. The predicted octanol–water partition coefficient (Wildman–Crippen LogP) is 2.68. The summed E-state index contributed by atoms with van der Waals surface area (Å²) in [5, 5.41) is 3.26. The van der Waals surface area contributed by atoms with Gasteiger partial charge in [-0.15, -0.1) is 0 Å². The first-order valence-corrected chi connectivity index (χ1v) is 7.17. The Morgan fingerprint density at radius 3 is 2.89 bits per heavy atom. The molecule has 0 aromatic heterocycles. The van der Waals surface area contributed by atoms with Gasteiger partial charge in [0, 0.05) is 6.54 Å². The zero-order valence-corrected chi connectivity index (χ0v) is 11.8. The molecule has 0 fully saturated rings. The number of carbonyl (C=O) groups excluding carboxylic acids is 1. The zero-order valence-electron chi connectivity index (χ0n) is 11.8. The van der Waals surface area contributed by atoms with Gasteiger partial charge in [-0.25, -0.2) is 0 Å². The van der Waals surface area contributed by atoms with Crippen LogP contribution in [0.15, 0.2) is 24.3 Å². The van der Waals surface area contributed by atoms with E-state index in [1.165, 1.54) is 11.1 Å². The van der Waals surface area contributed by atoms with Gasteiger partial charge in [0.15, 0.2) is 0 Å². The van der Waals surface area contributed by atoms with Gasteiger partial charge in [0.1, 0.15) is 6.04 Å². The van der Waals surface area contributed by atoms with Gasteiger partial charge >= 0.3 is 5.97 Å². The minimum Gasteiger partial charge on any atom is -0.464 e. The number of carbonyl (C=O) groups is 1. The number of hydrogen-bond acceptors (Lipinski definition) is 3. The van der Waals surface area contributed by atoms with Crippen molar-refractivity contribution >= 4 is 5.97 Å². The molecule has 0 spiro atoms. The van der Waals surface area contributed by atoms with Gasteiger partial charge in [0.2, 0.25) is 0 Å². The molecule has 104 valence electrons. The topological polar surface area (TPSA) is 38.3 Å². The first-order chi connectivity index (χ1) is 9.20. The van der Waals surface area contributed by atoms with Crippen molar-refractivity contribution in [2.24, 2.45) is 5.92 Å². The fraction of sp³-hybridized carbons (Fsp3) is 0.562. The lowest BCUT2D eigenvalue weighted by Crippen LogP contribution is -2.43. The second kappa shape index (κ2) is 6.71. The lowest BCUT2D eigenvalue weighted by molar-refractivity contribution is -0.147. The molecule has 19 heavy (non-hydrogen) atoms. The van der Waals surface area contributed by atoms with Crippen molar-refractivity contribution in [2.45, 2.75) is 45.7 Å². The van der Waals surface area contributed by atoms with Gasteiger partial charge in [-0.05, 0) is 29.9 Å². The van der Waals surface area contributed by atoms with Crippen LogP contribution in [-0.4, -0.2) is 18.6 Å². The van der Waals surface area contributed by atoms with Crippen molar-refractivity contribution < 1.29 is 9.53 Å². The van der Waals surface area contributed by atoms with Gasteiger partial charge in [-0.3, -0.25) is 4.79 Å². The molecular weight excluding hydrogens is 238 g/mol. The van der Waals surface area contributed by atoms with Crippen LogP contribution in [0.3, 0.4) is 0 Å². The molecule has 1 unspecified atom stereocenters. The smallest absolute Gasteiger partial charge is 0.323 e. The Bertz CT molecular complexity index is 431. The molecule has 0 radical (unpaired) electrons. The largest absolute Gasteiger partial charge is 0.464 e. The molecule has 0 bridgehead atoms. The molecule has 0 saturated heterocycles. The molecule has 1 aromatic rings. The van der Waals surface area contributed by atoms with Gasteiger partial charge in [0.25, 0.3) is 0 Å². The van der Waals surface area contributed by atoms with Gasteiger partial charge in [-0.2, -0.15) is 0 Å². The molecule has 3 nitrogen and oxygen atoms in total. The van der Waals surface area contributed by atoms with Gasteiger partial charge in [-0.1, -0.05) is 44.5 Å². The van der Waals surface area contributed by atoms with E-state index in [1.807, 2.05) is 12.1 Å². The number of nitrogens with one attached hydrogen (secondary N) is 1. The highest BCUT2D eigenvalue weighted by molar-refractivity contribution is 5.76. The SMILES string of the molecule is CCCC(C)COC(=O)[C@H]1Cc2ccccc2CN1. The highest BCUT2D eigenvalue weighted by atomic mass is 16.5. The van der Waals surface area contributed by atoms with E-state index in [1.54, 1.807) is 0 Å². The molecule has 0 saturated carbocycles. The number of fused-ring (bicyclic) bond motifs is 1. The third-order valence-corrected chi connectivity index (χ3v) is 3.66. The Kier molecular flexibility index (Phi) is 4.97. The van der Waals surface area contributed by atoms with Crippen molar-refractivity contribution in [3.63, 3.8) is 0 Å².